The molecule has 1 heterocycles. The Morgan fingerprint density at radius 1 is 1.05 bits per heavy atom. The monoisotopic (exact) mass is 294 g/mol. The lowest BCUT2D eigenvalue weighted by molar-refractivity contribution is 0.0343. The summed E-state index contributed by atoms with van der Waals surface area (Å²) in [5.74, 6) is 2.54. The van der Waals surface area contributed by atoms with E-state index >= 15 is 0 Å². The van der Waals surface area contributed by atoms with Gasteiger partial charge in [0, 0.05) is 31.7 Å². The van der Waals surface area contributed by atoms with Gasteiger partial charge >= 0.3 is 0 Å². The van der Waals surface area contributed by atoms with E-state index in [0.29, 0.717) is 6.54 Å². The molecule has 0 aliphatic heterocycles. The Morgan fingerprint density at radius 3 is 2.10 bits per heavy atom. The van der Waals surface area contributed by atoms with Crippen LogP contribution in [0.4, 0.5) is 11.6 Å². The summed E-state index contributed by atoms with van der Waals surface area (Å²) in [6, 6.07) is 1.96. The number of rotatable bonds is 7. The van der Waals surface area contributed by atoms with Gasteiger partial charge in [0.05, 0.1) is 5.60 Å². The highest BCUT2D eigenvalue weighted by Gasteiger charge is 2.20. The standard InChI is InChI=1S/C16H30N4O/c1-8-9-17-12-10-13(18-11-16(5,6)21-7)20-14(19-12)15(2,3)4/h10H,8-9,11H2,1-7H3,(H2,17,18,19,20). The summed E-state index contributed by atoms with van der Waals surface area (Å²) in [7, 11) is 1.72. The van der Waals surface area contributed by atoms with Crippen molar-refractivity contribution in [1.82, 2.24) is 9.97 Å². The van der Waals surface area contributed by atoms with E-state index in [0.717, 1.165) is 30.4 Å². The van der Waals surface area contributed by atoms with E-state index in [2.05, 4.69) is 48.3 Å². The lowest BCUT2D eigenvalue weighted by atomic mass is 9.96. The number of hydrogen-bond donors (Lipinski definition) is 2. The molecule has 5 heteroatoms. The Kier molecular flexibility index (Phi) is 5.96. The second-order valence-corrected chi connectivity index (χ2v) is 6.96. The third-order valence-corrected chi connectivity index (χ3v) is 3.20. The van der Waals surface area contributed by atoms with E-state index in [9.17, 15) is 0 Å². The van der Waals surface area contributed by atoms with Gasteiger partial charge in [-0.15, -0.1) is 0 Å². The molecule has 0 spiro atoms. The first-order valence-corrected chi connectivity index (χ1v) is 7.60. The minimum absolute atomic E-state index is 0.0862. The third kappa shape index (κ3) is 5.87. The van der Waals surface area contributed by atoms with Crippen LogP contribution in [0.25, 0.3) is 0 Å². The molecule has 0 aliphatic carbocycles. The van der Waals surface area contributed by atoms with Crippen molar-refractivity contribution in [1.29, 1.82) is 0 Å². The van der Waals surface area contributed by atoms with Crippen LogP contribution in [0, 0.1) is 0 Å². The van der Waals surface area contributed by atoms with Gasteiger partial charge in [0.1, 0.15) is 17.5 Å². The van der Waals surface area contributed by atoms with E-state index in [-0.39, 0.29) is 11.0 Å². The van der Waals surface area contributed by atoms with Crippen LogP contribution in [0.15, 0.2) is 6.07 Å². The van der Waals surface area contributed by atoms with Crippen molar-refractivity contribution in [2.45, 2.75) is 59.0 Å². The van der Waals surface area contributed by atoms with E-state index < -0.39 is 0 Å². The molecular formula is C16H30N4O. The molecule has 21 heavy (non-hydrogen) atoms. The molecule has 0 atom stereocenters. The summed E-state index contributed by atoms with van der Waals surface area (Å²) in [4.78, 5) is 9.25. The molecule has 0 saturated heterocycles. The number of hydrogen-bond acceptors (Lipinski definition) is 5. The zero-order valence-electron chi connectivity index (χ0n) is 14.5. The molecule has 1 aromatic rings. The van der Waals surface area contributed by atoms with Crippen molar-refractivity contribution in [3.05, 3.63) is 11.9 Å². The van der Waals surface area contributed by atoms with Crippen LogP contribution in [0.3, 0.4) is 0 Å². The minimum atomic E-state index is -0.232. The smallest absolute Gasteiger partial charge is 0.138 e. The highest BCUT2D eigenvalue weighted by atomic mass is 16.5. The summed E-state index contributed by atoms with van der Waals surface area (Å²) in [6.07, 6.45) is 1.06. The predicted molar refractivity (Wildman–Crippen MR) is 89.1 cm³/mol. The normalized spacial score (nSPS) is 12.3. The molecule has 2 N–H and O–H groups in total. The molecule has 0 bridgehead atoms. The Balaban J connectivity index is 2.96. The molecule has 120 valence electrons. The molecule has 0 unspecified atom stereocenters. The number of methoxy groups -OCH3 is 1. The molecule has 0 amide bonds. The maximum Gasteiger partial charge on any atom is 0.138 e. The fraction of sp³-hybridized carbons (Fsp3) is 0.750. The number of nitrogens with one attached hydrogen (secondary N) is 2. The van der Waals surface area contributed by atoms with Crippen molar-refractivity contribution < 1.29 is 4.74 Å². The fourth-order valence-corrected chi connectivity index (χ4v) is 1.59. The van der Waals surface area contributed by atoms with Gasteiger partial charge in [0.15, 0.2) is 0 Å². The van der Waals surface area contributed by atoms with Crippen LogP contribution in [0.1, 0.15) is 53.8 Å². The van der Waals surface area contributed by atoms with Gasteiger partial charge in [0.25, 0.3) is 0 Å². The van der Waals surface area contributed by atoms with Crippen LogP contribution in [-0.4, -0.2) is 35.8 Å². The summed E-state index contributed by atoms with van der Waals surface area (Å²) < 4.78 is 5.43. The Bertz CT molecular complexity index is 452. The quantitative estimate of drug-likeness (QED) is 0.807. The highest BCUT2D eigenvalue weighted by molar-refractivity contribution is 5.48. The molecule has 0 radical (unpaired) electrons. The van der Waals surface area contributed by atoms with Crippen molar-refractivity contribution in [2.24, 2.45) is 0 Å². The first-order valence-electron chi connectivity index (χ1n) is 7.60. The van der Waals surface area contributed by atoms with E-state index in [1.54, 1.807) is 7.11 Å². The second kappa shape index (κ2) is 7.07. The maximum atomic E-state index is 5.43. The van der Waals surface area contributed by atoms with Crippen molar-refractivity contribution in [2.75, 3.05) is 30.8 Å². The molecule has 0 aromatic carbocycles. The first-order chi connectivity index (χ1) is 9.68. The molecular weight excluding hydrogens is 264 g/mol. The van der Waals surface area contributed by atoms with E-state index in [1.165, 1.54) is 0 Å². The number of ether oxygens (including phenoxy) is 1. The average Bonchev–Trinajstić information content (AvgIpc) is 2.42. The highest BCUT2D eigenvalue weighted by Crippen LogP contribution is 2.22. The summed E-state index contributed by atoms with van der Waals surface area (Å²) >= 11 is 0. The number of anilines is 2. The number of nitrogens with zero attached hydrogens (tertiary/aromatic N) is 2. The fourth-order valence-electron chi connectivity index (χ4n) is 1.59. The molecule has 0 saturated carbocycles. The summed E-state index contributed by atoms with van der Waals surface area (Å²) in [5, 5.41) is 6.69. The lowest BCUT2D eigenvalue weighted by Gasteiger charge is -2.24. The summed E-state index contributed by atoms with van der Waals surface area (Å²) in [5.41, 5.74) is -0.318. The van der Waals surface area contributed by atoms with Gasteiger partial charge in [-0.25, -0.2) is 9.97 Å². The van der Waals surface area contributed by atoms with Gasteiger partial charge in [0.2, 0.25) is 0 Å². The SMILES string of the molecule is CCCNc1cc(NCC(C)(C)OC)nc(C(C)(C)C)n1. The topological polar surface area (TPSA) is 59.1 Å². The molecule has 1 rings (SSSR count). The second-order valence-electron chi connectivity index (χ2n) is 6.96. The van der Waals surface area contributed by atoms with Gasteiger partial charge in [-0.1, -0.05) is 27.7 Å². The van der Waals surface area contributed by atoms with Crippen LogP contribution >= 0.6 is 0 Å². The minimum Gasteiger partial charge on any atom is -0.377 e. The molecule has 0 fully saturated rings. The van der Waals surface area contributed by atoms with E-state index in [1.807, 2.05) is 19.9 Å². The van der Waals surface area contributed by atoms with Gasteiger partial charge in [-0.05, 0) is 20.3 Å². The van der Waals surface area contributed by atoms with Crippen LogP contribution in [0.2, 0.25) is 0 Å². The zero-order valence-corrected chi connectivity index (χ0v) is 14.5. The largest absolute Gasteiger partial charge is 0.377 e. The first kappa shape index (κ1) is 17.7. The number of aromatic nitrogens is 2. The van der Waals surface area contributed by atoms with Gasteiger partial charge in [-0.3, -0.25) is 0 Å². The molecule has 5 nitrogen and oxygen atoms in total. The predicted octanol–water partition coefficient (Wildman–Crippen LogP) is 3.43. The van der Waals surface area contributed by atoms with Crippen molar-refractivity contribution in [3.8, 4) is 0 Å². The zero-order chi connectivity index (χ0) is 16.1. The maximum absolute atomic E-state index is 5.43. The van der Waals surface area contributed by atoms with Crippen LogP contribution in [-0.2, 0) is 10.2 Å². The summed E-state index contributed by atoms with van der Waals surface area (Å²) in [6.45, 7) is 14.2. The van der Waals surface area contributed by atoms with Crippen molar-refractivity contribution >= 4 is 11.6 Å². The Morgan fingerprint density at radius 2 is 1.62 bits per heavy atom. The van der Waals surface area contributed by atoms with Crippen LogP contribution in [0.5, 0.6) is 0 Å². The Labute approximate surface area is 128 Å². The van der Waals surface area contributed by atoms with Crippen LogP contribution < -0.4 is 10.6 Å². The van der Waals surface area contributed by atoms with E-state index in [4.69, 9.17) is 4.74 Å². The third-order valence-electron chi connectivity index (χ3n) is 3.20. The Hall–Kier alpha value is -1.36. The van der Waals surface area contributed by atoms with Crippen molar-refractivity contribution in [3.63, 3.8) is 0 Å². The average molecular weight is 294 g/mol. The van der Waals surface area contributed by atoms with Gasteiger partial charge in [-0.2, -0.15) is 0 Å². The lowest BCUT2D eigenvalue weighted by Crippen LogP contribution is -2.32. The van der Waals surface area contributed by atoms with Gasteiger partial charge < -0.3 is 15.4 Å². The molecule has 0 aliphatic rings. The molecule has 1 aromatic heterocycles.